The SMILES string of the molecule is O=S(=O)(Cl)C1(F)C=CC=CC1F. The minimum absolute atomic E-state index is 0.583. The molecule has 0 aromatic heterocycles. The molecule has 2 atom stereocenters. The molecule has 2 nitrogen and oxygen atoms in total. The Morgan fingerprint density at radius 1 is 1.42 bits per heavy atom. The Morgan fingerprint density at radius 2 is 2.00 bits per heavy atom. The third-order valence-electron chi connectivity index (χ3n) is 1.46. The smallest absolute Gasteiger partial charge is 0.238 e. The van der Waals surface area contributed by atoms with E-state index in [1.807, 2.05) is 0 Å². The van der Waals surface area contributed by atoms with Gasteiger partial charge in [-0.15, -0.1) is 0 Å². The average molecular weight is 215 g/mol. The van der Waals surface area contributed by atoms with Crippen LogP contribution < -0.4 is 0 Å². The summed E-state index contributed by atoms with van der Waals surface area (Å²) in [6.07, 6.45) is 1.44. The number of alkyl halides is 2. The van der Waals surface area contributed by atoms with Crippen molar-refractivity contribution in [3.63, 3.8) is 0 Å². The van der Waals surface area contributed by atoms with Crippen LogP contribution in [0.2, 0.25) is 0 Å². The summed E-state index contributed by atoms with van der Waals surface area (Å²) in [4.78, 5) is 0. The van der Waals surface area contributed by atoms with Gasteiger partial charge >= 0.3 is 0 Å². The van der Waals surface area contributed by atoms with Gasteiger partial charge in [-0.25, -0.2) is 17.2 Å². The fourth-order valence-electron chi connectivity index (χ4n) is 0.787. The van der Waals surface area contributed by atoms with Gasteiger partial charge in [-0.3, -0.25) is 0 Å². The van der Waals surface area contributed by atoms with Crippen LogP contribution in [0.25, 0.3) is 0 Å². The van der Waals surface area contributed by atoms with Crippen molar-refractivity contribution in [3.05, 3.63) is 24.3 Å². The number of allylic oxidation sites excluding steroid dienone is 3. The standard InChI is InChI=1S/C6H5ClF2O2S/c7-12(10,11)6(9)4-2-1-3-5(6)8/h1-5H. The zero-order valence-corrected chi connectivity index (χ0v) is 7.32. The van der Waals surface area contributed by atoms with Gasteiger partial charge in [-0.1, -0.05) is 12.2 Å². The van der Waals surface area contributed by atoms with Crippen LogP contribution in [0.5, 0.6) is 0 Å². The molecule has 0 saturated heterocycles. The Kier molecular flexibility index (Phi) is 2.27. The molecule has 12 heavy (non-hydrogen) atoms. The molecule has 0 saturated carbocycles. The van der Waals surface area contributed by atoms with Crippen LogP contribution in [0.4, 0.5) is 8.78 Å². The first-order chi connectivity index (χ1) is 5.38. The quantitative estimate of drug-likeness (QED) is 0.623. The third-order valence-corrected chi connectivity index (χ3v) is 3.28. The second-order valence-corrected chi connectivity index (χ2v) is 5.00. The van der Waals surface area contributed by atoms with E-state index in [2.05, 4.69) is 0 Å². The van der Waals surface area contributed by atoms with Crippen molar-refractivity contribution >= 4 is 19.7 Å². The highest BCUT2D eigenvalue weighted by molar-refractivity contribution is 8.14. The highest BCUT2D eigenvalue weighted by Crippen LogP contribution is 2.33. The van der Waals surface area contributed by atoms with Gasteiger partial charge in [0, 0.05) is 10.7 Å². The van der Waals surface area contributed by atoms with Gasteiger partial charge in [0.25, 0.3) is 14.1 Å². The van der Waals surface area contributed by atoms with Gasteiger partial charge in [-0.05, 0) is 12.2 Å². The maximum atomic E-state index is 13.2. The molecule has 1 aliphatic carbocycles. The predicted molar refractivity (Wildman–Crippen MR) is 41.8 cm³/mol. The Labute approximate surface area is 72.9 Å². The fraction of sp³-hybridized carbons (Fsp3) is 0.333. The second-order valence-electron chi connectivity index (χ2n) is 2.28. The van der Waals surface area contributed by atoms with Crippen molar-refractivity contribution < 1.29 is 17.2 Å². The lowest BCUT2D eigenvalue weighted by molar-refractivity contribution is 0.204. The molecule has 0 aromatic carbocycles. The molecule has 1 aliphatic rings. The number of halogens is 3. The van der Waals surface area contributed by atoms with E-state index in [1.165, 1.54) is 6.08 Å². The summed E-state index contributed by atoms with van der Waals surface area (Å²) in [5.41, 5.74) is 0. The molecule has 0 bridgehead atoms. The van der Waals surface area contributed by atoms with Crippen LogP contribution in [0.15, 0.2) is 24.3 Å². The molecule has 6 heteroatoms. The molecule has 0 spiro atoms. The topological polar surface area (TPSA) is 34.1 Å². The predicted octanol–water partition coefficient (Wildman–Crippen LogP) is 1.68. The normalized spacial score (nSPS) is 35.4. The minimum Gasteiger partial charge on any atom is -0.238 e. The zero-order chi connectivity index (χ0) is 9.41. The van der Waals surface area contributed by atoms with Gasteiger partial charge in [0.15, 0.2) is 6.17 Å². The molecule has 0 aromatic rings. The van der Waals surface area contributed by atoms with Gasteiger partial charge in [0.05, 0.1) is 0 Å². The van der Waals surface area contributed by atoms with E-state index in [0.717, 1.165) is 12.2 Å². The zero-order valence-electron chi connectivity index (χ0n) is 5.75. The van der Waals surface area contributed by atoms with E-state index in [9.17, 15) is 17.2 Å². The van der Waals surface area contributed by atoms with Crippen LogP contribution >= 0.6 is 10.7 Å². The van der Waals surface area contributed by atoms with Crippen molar-refractivity contribution in [1.82, 2.24) is 0 Å². The first-order valence-corrected chi connectivity index (χ1v) is 5.32. The Hall–Kier alpha value is -0.420. The lowest BCUT2D eigenvalue weighted by Crippen LogP contribution is -2.38. The molecule has 1 rings (SSSR count). The van der Waals surface area contributed by atoms with E-state index >= 15 is 0 Å². The molecule has 0 fully saturated rings. The molecular weight excluding hydrogens is 210 g/mol. The average Bonchev–Trinajstić information content (AvgIpc) is 1.93. The first kappa shape index (κ1) is 9.67. The van der Waals surface area contributed by atoms with Gasteiger partial charge in [0.2, 0.25) is 0 Å². The molecule has 2 unspecified atom stereocenters. The Morgan fingerprint density at radius 3 is 2.33 bits per heavy atom. The summed E-state index contributed by atoms with van der Waals surface area (Å²) < 4.78 is 47.2. The van der Waals surface area contributed by atoms with Crippen LogP contribution in [0.1, 0.15) is 0 Å². The highest BCUT2D eigenvalue weighted by atomic mass is 35.7. The van der Waals surface area contributed by atoms with Crippen molar-refractivity contribution in [3.8, 4) is 0 Å². The highest BCUT2D eigenvalue weighted by Gasteiger charge is 2.48. The van der Waals surface area contributed by atoms with E-state index in [4.69, 9.17) is 10.7 Å². The lowest BCUT2D eigenvalue weighted by Gasteiger charge is -2.21. The molecular formula is C6H5ClF2O2S. The monoisotopic (exact) mass is 214 g/mol. The van der Waals surface area contributed by atoms with Crippen molar-refractivity contribution in [1.29, 1.82) is 0 Å². The summed E-state index contributed by atoms with van der Waals surface area (Å²) in [7, 11) is 0.138. The van der Waals surface area contributed by atoms with E-state index < -0.39 is 20.2 Å². The third kappa shape index (κ3) is 1.38. The molecule has 0 amide bonds. The van der Waals surface area contributed by atoms with E-state index in [0.29, 0.717) is 6.08 Å². The fourth-order valence-corrected chi connectivity index (χ4v) is 1.79. The molecule has 0 N–H and O–H groups in total. The molecule has 0 heterocycles. The molecule has 0 aliphatic heterocycles. The maximum absolute atomic E-state index is 13.2. The number of hydrogen-bond acceptors (Lipinski definition) is 2. The van der Waals surface area contributed by atoms with E-state index in [-0.39, 0.29) is 0 Å². The van der Waals surface area contributed by atoms with Crippen LogP contribution in [-0.2, 0) is 9.05 Å². The molecule has 68 valence electrons. The van der Waals surface area contributed by atoms with Crippen LogP contribution in [0.3, 0.4) is 0 Å². The van der Waals surface area contributed by atoms with Crippen LogP contribution in [0, 0.1) is 0 Å². The Balaban J connectivity index is 3.16. The molecule has 0 radical (unpaired) electrons. The second kappa shape index (κ2) is 2.81. The van der Waals surface area contributed by atoms with Crippen molar-refractivity contribution in [2.24, 2.45) is 0 Å². The van der Waals surface area contributed by atoms with Gasteiger partial charge in [0.1, 0.15) is 0 Å². The summed E-state index contributed by atoms with van der Waals surface area (Å²) in [6.45, 7) is 0. The van der Waals surface area contributed by atoms with Crippen molar-refractivity contribution in [2.75, 3.05) is 0 Å². The van der Waals surface area contributed by atoms with Gasteiger partial charge in [-0.2, -0.15) is 0 Å². The summed E-state index contributed by atoms with van der Waals surface area (Å²) in [5, 5.41) is -3.12. The first-order valence-electron chi connectivity index (χ1n) is 3.01. The lowest BCUT2D eigenvalue weighted by atomic mass is 10.1. The summed E-state index contributed by atoms with van der Waals surface area (Å²) in [5.74, 6) is 0. The maximum Gasteiger partial charge on any atom is 0.277 e. The summed E-state index contributed by atoms with van der Waals surface area (Å²) >= 11 is 0. The Bertz CT molecular complexity index is 335. The van der Waals surface area contributed by atoms with E-state index in [1.54, 1.807) is 0 Å². The summed E-state index contributed by atoms with van der Waals surface area (Å²) in [6, 6.07) is 0. The largest absolute Gasteiger partial charge is 0.277 e. The van der Waals surface area contributed by atoms with Gasteiger partial charge < -0.3 is 0 Å². The van der Waals surface area contributed by atoms with Crippen molar-refractivity contribution in [2.45, 2.75) is 11.2 Å². The van der Waals surface area contributed by atoms with Crippen LogP contribution in [-0.4, -0.2) is 19.6 Å². The minimum atomic E-state index is -4.58. The number of rotatable bonds is 1. The number of hydrogen-bond donors (Lipinski definition) is 0.